The standard InChI is InChI=1S/C22H25F3N4O3/c1-4-16(32-20(24)25)7-5-14(2)22(19(30)28(3)21(26)27-22)15-6-8-17(23)18(13-15)29-9-11-31-12-10-29/h4-8,13,20H,2,9-12H2,1,3H3,(H2,26,27)/b7-5-,16-4+. The van der Waals surface area contributed by atoms with E-state index in [0.717, 1.165) is 0 Å². The Morgan fingerprint density at radius 2 is 2.03 bits per heavy atom. The van der Waals surface area contributed by atoms with Gasteiger partial charge >= 0.3 is 6.61 Å². The monoisotopic (exact) mass is 450 g/mol. The predicted molar refractivity (Wildman–Crippen MR) is 115 cm³/mol. The molecule has 2 aliphatic heterocycles. The number of allylic oxidation sites excluding steroid dienone is 2. The first kappa shape index (κ1) is 23.4. The van der Waals surface area contributed by atoms with Gasteiger partial charge in [0.1, 0.15) is 11.6 Å². The number of ether oxygens (including phenoxy) is 2. The van der Waals surface area contributed by atoms with Crippen LogP contribution in [0.3, 0.4) is 0 Å². The number of benzene rings is 1. The second-order valence-electron chi connectivity index (χ2n) is 7.24. The SMILES string of the molecule is C=C(/C=C\C(=C/C)OC(F)F)C1(c2ccc(F)c(N3CCOCC3)c2)N=C(N)N(C)C1=O. The summed E-state index contributed by atoms with van der Waals surface area (Å²) in [4.78, 5) is 20.7. The minimum atomic E-state index is -3.01. The van der Waals surface area contributed by atoms with E-state index in [1.165, 1.54) is 49.2 Å². The number of aliphatic imine (C=N–C) groups is 1. The Morgan fingerprint density at radius 3 is 2.59 bits per heavy atom. The summed E-state index contributed by atoms with van der Waals surface area (Å²) in [7, 11) is 1.46. The number of halogens is 3. The summed E-state index contributed by atoms with van der Waals surface area (Å²) >= 11 is 0. The minimum Gasteiger partial charge on any atom is -0.435 e. The van der Waals surface area contributed by atoms with Crippen LogP contribution in [0, 0.1) is 5.82 Å². The number of nitrogens with zero attached hydrogens (tertiary/aromatic N) is 3. The summed E-state index contributed by atoms with van der Waals surface area (Å²) in [6, 6.07) is 4.24. The molecule has 10 heteroatoms. The summed E-state index contributed by atoms with van der Waals surface area (Å²) < 4.78 is 49.6. The molecule has 0 aromatic heterocycles. The smallest absolute Gasteiger partial charge is 0.387 e. The van der Waals surface area contributed by atoms with E-state index in [2.05, 4.69) is 16.3 Å². The molecule has 1 fully saturated rings. The number of morpholine rings is 1. The summed E-state index contributed by atoms with van der Waals surface area (Å²) in [5.41, 5.74) is 5.07. The van der Waals surface area contributed by atoms with Crippen LogP contribution in [0.25, 0.3) is 0 Å². The largest absolute Gasteiger partial charge is 0.435 e. The van der Waals surface area contributed by atoms with E-state index in [4.69, 9.17) is 10.5 Å². The van der Waals surface area contributed by atoms with Gasteiger partial charge in [0.2, 0.25) is 0 Å². The molecule has 1 atom stereocenters. The van der Waals surface area contributed by atoms with Crippen molar-refractivity contribution in [3.63, 3.8) is 0 Å². The van der Waals surface area contributed by atoms with Gasteiger partial charge < -0.3 is 20.1 Å². The van der Waals surface area contributed by atoms with Gasteiger partial charge in [-0.15, -0.1) is 0 Å². The van der Waals surface area contributed by atoms with Crippen molar-refractivity contribution < 1.29 is 27.4 Å². The van der Waals surface area contributed by atoms with Crippen molar-refractivity contribution in [2.24, 2.45) is 10.7 Å². The second kappa shape index (κ2) is 9.47. The molecule has 0 aliphatic carbocycles. The Balaban J connectivity index is 2.06. The Morgan fingerprint density at radius 1 is 1.34 bits per heavy atom. The third-order valence-electron chi connectivity index (χ3n) is 5.38. The van der Waals surface area contributed by atoms with Gasteiger partial charge in [-0.2, -0.15) is 8.78 Å². The van der Waals surface area contributed by atoms with E-state index in [9.17, 15) is 18.0 Å². The van der Waals surface area contributed by atoms with Crippen LogP contribution < -0.4 is 10.6 Å². The van der Waals surface area contributed by atoms with Crippen LogP contribution in [0.4, 0.5) is 18.9 Å². The molecule has 2 heterocycles. The lowest BCUT2D eigenvalue weighted by molar-refractivity contribution is -0.129. The normalized spacial score (nSPS) is 22.1. The number of hydrogen-bond acceptors (Lipinski definition) is 6. The molecule has 0 spiro atoms. The quantitative estimate of drug-likeness (QED) is 0.511. The van der Waals surface area contributed by atoms with Crippen molar-refractivity contribution in [1.29, 1.82) is 0 Å². The molecule has 0 radical (unpaired) electrons. The van der Waals surface area contributed by atoms with Gasteiger partial charge in [0.05, 0.1) is 18.9 Å². The molecule has 1 saturated heterocycles. The van der Waals surface area contributed by atoms with Crippen LogP contribution in [0.5, 0.6) is 0 Å². The van der Waals surface area contributed by atoms with Crippen molar-refractivity contribution in [1.82, 2.24) is 4.90 Å². The molecule has 2 aliphatic rings. The predicted octanol–water partition coefficient (Wildman–Crippen LogP) is 2.90. The van der Waals surface area contributed by atoms with Crippen molar-refractivity contribution in [2.45, 2.75) is 19.1 Å². The molecule has 7 nitrogen and oxygen atoms in total. The van der Waals surface area contributed by atoms with Crippen LogP contribution in [0.1, 0.15) is 12.5 Å². The van der Waals surface area contributed by atoms with E-state index < -0.39 is 23.9 Å². The zero-order valence-electron chi connectivity index (χ0n) is 17.9. The van der Waals surface area contributed by atoms with Gasteiger partial charge in [-0.1, -0.05) is 18.7 Å². The number of amides is 1. The lowest BCUT2D eigenvalue weighted by atomic mass is 9.82. The topological polar surface area (TPSA) is 80.4 Å². The summed E-state index contributed by atoms with van der Waals surface area (Å²) in [6.45, 7) is 4.36. The number of carbonyl (C=O) groups excluding carboxylic acids is 1. The highest BCUT2D eigenvalue weighted by Gasteiger charge is 2.49. The van der Waals surface area contributed by atoms with Crippen molar-refractivity contribution in [3.05, 3.63) is 65.7 Å². The summed E-state index contributed by atoms with van der Waals surface area (Å²) in [5, 5.41) is 0. The highest BCUT2D eigenvalue weighted by atomic mass is 19.3. The first-order chi connectivity index (χ1) is 15.2. The molecular formula is C22H25F3N4O3. The molecule has 1 amide bonds. The molecule has 1 aromatic carbocycles. The fourth-order valence-corrected chi connectivity index (χ4v) is 3.62. The van der Waals surface area contributed by atoms with Gasteiger partial charge in [-0.05, 0) is 42.3 Å². The Kier molecular flexibility index (Phi) is 6.93. The Hall–Kier alpha value is -3.27. The highest BCUT2D eigenvalue weighted by Crippen LogP contribution is 2.41. The minimum absolute atomic E-state index is 0.0446. The van der Waals surface area contributed by atoms with Crippen LogP contribution >= 0.6 is 0 Å². The number of hydrogen-bond donors (Lipinski definition) is 1. The van der Waals surface area contributed by atoms with Crippen LogP contribution in [-0.4, -0.2) is 56.7 Å². The number of likely N-dealkylation sites (N-methyl/N-ethyl adjacent to an activating group) is 1. The number of alkyl halides is 2. The first-order valence-corrected chi connectivity index (χ1v) is 9.95. The number of anilines is 1. The Bertz CT molecular complexity index is 987. The maximum atomic E-state index is 14.7. The van der Waals surface area contributed by atoms with Gasteiger partial charge in [-0.3, -0.25) is 9.69 Å². The molecule has 172 valence electrons. The molecule has 1 unspecified atom stereocenters. The molecule has 1 aromatic rings. The zero-order valence-corrected chi connectivity index (χ0v) is 17.9. The van der Waals surface area contributed by atoms with Gasteiger partial charge in [0, 0.05) is 20.1 Å². The van der Waals surface area contributed by atoms with Gasteiger partial charge in [0.25, 0.3) is 5.91 Å². The van der Waals surface area contributed by atoms with Crippen LogP contribution in [0.15, 0.2) is 59.3 Å². The molecule has 2 N–H and O–H groups in total. The first-order valence-electron chi connectivity index (χ1n) is 9.95. The third-order valence-corrected chi connectivity index (χ3v) is 5.38. The molecule has 3 rings (SSSR count). The maximum absolute atomic E-state index is 14.7. The van der Waals surface area contributed by atoms with Crippen molar-refractivity contribution in [3.8, 4) is 0 Å². The van der Waals surface area contributed by atoms with Crippen LogP contribution in [-0.2, 0) is 19.8 Å². The van der Waals surface area contributed by atoms with Gasteiger partial charge in [-0.25, -0.2) is 9.38 Å². The summed E-state index contributed by atoms with van der Waals surface area (Å²) in [5.74, 6) is -1.11. The molecule has 0 saturated carbocycles. The van der Waals surface area contributed by atoms with E-state index in [-0.39, 0.29) is 17.3 Å². The molecular weight excluding hydrogens is 425 g/mol. The lowest BCUT2D eigenvalue weighted by Gasteiger charge is -2.31. The highest BCUT2D eigenvalue weighted by molar-refractivity contribution is 6.09. The number of rotatable bonds is 7. The fourth-order valence-electron chi connectivity index (χ4n) is 3.62. The number of guanidine groups is 1. The Labute approximate surface area is 184 Å². The fraction of sp³-hybridized carbons (Fsp3) is 0.364. The van der Waals surface area contributed by atoms with Crippen molar-refractivity contribution in [2.75, 3.05) is 38.3 Å². The lowest BCUT2D eigenvalue weighted by Crippen LogP contribution is -2.41. The van der Waals surface area contributed by atoms with Gasteiger partial charge in [0.15, 0.2) is 11.5 Å². The summed E-state index contributed by atoms with van der Waals surface area (Å²) in [6.07, 6.45) is 3.97. The average Bonchev–Trinajstić information content (AvgIpc) is 3.01. The third kappa shape index (κ3) is 4.36. The average molecular weight is 450 g/mol. The second-order valence-corrected chi connectivity index (χ2v) is 7.24. The number of carbonyl (C=O) groups is 1. The van der Waals surface area contributed by atoms with E-state index >= 15 is 0 Å². The zero-order chi connectivity index (χ0) is 23.5. The molecule has 32 heavy (non-hydrogen) atoms. The van der Waals surface area contributed by atoms with Crippen molar-refractivity contribution >= 4 is 17.6 Å². The van der Waals surface area contributed by atoms with Crippen LogP contribution in [0.2, 0.25) is 0 Å². The maximum Gasteiger partial charge on any atom is 0.387 e. The van der Waals surface area contributed by atoms with E-state index in [1.807, 2.05) is 4.90 Å². The van der Waals surface area contributed by atoms with E-state index in [0.29, 0.717) is 37.6 Å². The van der Waals surface area contributed by atoms with E-state index in [1.54, 1.807) is 6.07 Å². The molecule has 0 bridgehead atoms. The number of nitrogens with two attached hydrogens (primary N) is 1.